The van der Waals surface area contributed by atoms with Gasteiger partial charge >= 0.3 is 5.97 Å². The molecule has 2 atom stereocenters. The number of aliphatic hydroxyl groups excluding tert-OH is 1. The molecule has 0 aliphatic rings. The zero-order valence-electron chi connectivity index (χ0n) is 6.45. The van der Waals surface area contributed by atoms with Crippen LogP contribution in [0, 0.1) is 0 Å². The Morgan fingerprint density at radius 2 is 2.18 bits per heavy atom. The third kappa shape index (κ3) is 5.78. The predicted molar refractivity (Wildman–Crippen MR) is 40.2 cm³/mol. The van der Waals surface area contributed by atoms with E-state index in [4.69, 9.17) is 15.9 Å². The largest absolute Gasteiger partial charge is 0.480 e. The zero-order chi connectivity index (χ0) is 8.85. The Hall–Kier alpha value is -0.650. The summed E-state index contributed by atoms with van der Waals surface area (Å²) >= 11 is 0. The van der Waals surface area contributed by atoms with E-state index in [0.29, 0.717) is 6.54 Å². The van der Waals surface area contributed by atoms with Crippen LogP contribution < -0.4 is 11.1 Å². The van der Waals surface area contributed by atoms with Crippen molar-refractivity contribution in [2.75, 3.05) is 13.1 Å². The number of carboxylic acids is 1. The molecule has 0 heterocycles. The fraction of sp³-hybridized carbons (Fsp3) is 0.833. The lowest BCUT2D eigenvalue weighted by atomic mass is 10.3. The molecule has 0 saturated heterocycles. The van der Waals surface area contributed by atoms with Gasteiger partial charge in [-0.25, -0.2) is 0 Å². The first-order chi connectivity index (χ1) is 5.04. The summed E-state index contributed by atoms with van der Waals surface area (Å²) in [5, 5.41) is 19.8. The van der Waals surface area contributed by atoms with Gasteiger partial charge < -0.3 is 21.3 Å². The first-order valence-corrected chi connectivity index (χ1v) is 3.41. The van der Waals surface area contributed by atoms with Crippen LogP contribution >= 0.6 is 0 Å². The number of hydrogen-bond donors (Lipinski definition) is 4. The van der Waals surface area contributed by atoms with Gasteiger partial charge in [0.1, 0.15) is 6.04 Å². The van der Waals surface area contributed by atoms with E-state index >= 15 is 0 Å². The van der Waals surface area contributed by atoms with E-state index in [1.54, 1.807) is 6.92 Å². The van der Waals surface area contributed by atoms with Gasteiger partial charge in [0.2, 0.25) is 0 Å². The molecule has 5 heteroatoms. The zero-order valence-corrected chi connectivity index (χ0v) is 6.45. The highest BCUT2D eigenvalue weighted by Crippen LogP contribution is 1.78. The highest BCUT2D eigenvalue weighted by Gasteiger charge is 2.09. The minimum absolute atomic E-state index is 0.181. The van der Waals surface area contributed by atoms with Gasteiger partial charge in [-0.05, 0) is 6.92 Å². The quantitative estimate of drug-likeness (QED) is 0.389. The molecule has 2 unspecified atom stereocenters. The summed E-state index contributed by atoms with van der Waals surface area (Å²) in [5.74, 6) is -1.04. The Labute approximate surface area is 65.2 Å². The minimum atomic E-state index is -1.04. The van der Waals surface area contributed by atoms with E-state index in [9.17, 15) is 4.79 Å². The number of aliphatic carboxylic acids is 1. The summed E-state index contributed by atoms with van der Waals surface area (Å²) < 4.78 is 0. The first-order valence-electron chi connectivity index (χ1n) is 3.41. The highest BCUT2D eigenvalue weighted by molar-refractivity contribution is 5.73. The average molecular weight is 162 g/mol. The van der Waals surface area contributed by atoms with Crippen LogP contribution in [0.3, 0.4) is 0 Å². The average Bonchev–Trinajstić information content (AvgIpc) is 1.86. The maximum atomic E-state index is 10.1. The van der Waals surface area contributed by atoms with Crippen molar-refractivity contribution < 1.29 is 15.0 Å². The van der Waals surface area contributed by atoms with Gasteiger partial charge in [-0.15, -0.1) is 0 Å². The van der Waals surface area contributed by atoms with Crippen molar-refractivity contribution >= 4 is 5.97 Å². The van der Waals surface area contributed by atoms with Gasteiger partial charge in [-0.2, -0.15) is 0 Å². The van der Waals surface area contributed by atoms with E-state index in [1.807, 2.05) is 0 Å². The number of hydrogen-bond acceptors (Lipinski definition) is 4. The number of nitrogens with one attached hydrogen (secondary N) is 1. The molecule has 0 fully saturated rings. The van der Waals surface area contributed by atoms with Crippen molar-refractivity contribution in [3.05, 3.63) is 0 Å². The van der Waals surface area contributed by atoms with Gasteiger partial charge in [0.25, 0.3) is 0 Å². The van der Waals surface area contributed by atoms with Crippen LogP contribution in [0.1, 0.15) is 6.92 Å². The molecule has 0 aliphatic carbocycles. The Morgan fingerprint density at radius 3 is 2.55 bits per heavy atom. The Balaban J connectivity index is 3.31. The number of carbonyl (C=O) groups is 1. The molecule has 66 valence electrons. The van der Waals surface area contributed by atoms with Crippen LogP contribution in [-0.4, -0.2) is 41.4 Å². The summed E-state index contributed by atoms with van der Waals surface area (Å²) in [4.78, 5) is 10.1. The maximum absolute atomic E-state index is 10.1. The molecular formula is C6H14N2O3. The van der Waals surface area contributed by atoms with Crippen molar-refractivity contribution in [2.24, 2.45) is 5.73 Å². The van der Waals surface area contributed by atoms with Crippen molar-refractivity contribution in [1.29, 1.82) is 0 Å². The predicted octanol–water partition coefficient (Wildman–Crippen LogP) is -1.63. The SMILES string of the molecule is CC(O)CNCC(N)C(=O)O. The molecule has 0 rings (SSSR count). The Kier molecular flexibility index (Phi) is 4.76. The lowest BCUT2D eigenvalue weighted by molar-refractivity contribution is -0.138. The van der Waals surface area contributed by atoms with Crippen molar-refractivity contribution in [2.45, 2.75) is 19.1 Å². The molecule has 11 heavy (non-hydrogen) atoms. The monoisotopic (exact) mass is 162 g/mol. The fourth-order valence-corrected chi connectivity index (χ4v) is 0.535. The van der Waals surface area contributed by atoms with Gasteiger partial charge in [0.15, 0.2) is 0 Å². The van der Waals surface area contributed by atoms with Gasteiger partial charge in [-0.1, -0.05) is 0 Å². The van der Waals surface area contributed by atoms with Gasteiger partial charge in [-0.3, -0.25) is 4.79 Å². The van der Waals surface area contributed by atoms with Crippen LogP contribution in [0.4, 0.5) is 0 Å². The lowest BCUT2D eigenvalue weighted by Gasteiger charge is -2.09. The molecule has 5 N–H and O–H groups in total. The molecule has 0 aliphatic heterocycles. The second-order valence-corrected chi connectivity index (χ2v) is 2.45. The smallest absolute Gasteiger partial charge is 0.321 e. The van der Waals surface area contributed by atoms with E-state index in [0.717, 1.165) is 0 Å². The minimum Gasteiger partial charge on any atom is -0.480 e. The molecule has 0 spiro atoms. The van der Waals surface area contributed by atoms with Crippen LogP contribution in [0.15, 0.2) is 0 Å². The van der Waals surface area contributed by atoms with Crippen LogP contribution in [0.5, 0.6) is 0 Å². The molecule has 0 amide bonds. The van der Waals surface area contributed by atoms with E-state index in [1.165, 1.54) is 0 Å². The number of aliphatic hydroxyl groups is 1. The maximum Gasteiger partial charge on any atom is 0.321 e. The number of nitrogens with two attached hydrogens (primary N) is 1. The van der Waals surface area contributed by atoms with Crippen LogP contribution in [0.2, 0.25) is 0 Å². The molecule has 5 nitrogen and oxygen atoms in total. The third-order valence-corrected chi connectivity index (χ3v) is 1.12. The molecule has 0 bridgehead atoms. The second kappa shape index (κ2) is 5.06. The van der Waals surface area contributed by atoms with Crippen LogP contribution in [0.25, 0.3) is 0 Å². The Bertz CT molecular complexity index is 127. The molecule has 0 aromatic carbocycles. The van der Waals surface area contributed by atoms with E-state index in [-0.39, 0.29) is 6.54 Å². The second-order valence-electron chi connectivity index (χ2n) is 2.45. The van der Waals surface area contributed by atoms with Crippen molar-refractivity contribution in [3.63, 3.8) is 0 Å². The van der Waals surface area contributed by atoms with E-state index < -0.39 is 18.1 Å². The highest BCUT2D eigenvalue weighted by atomic mass is 16.4. The molecule has 0 saturated carbocycles. The summed E-state index contributed by atoms with van der Waals surface area (Å²) in [6, 6.07) is -0.895. The molecule has 0 aromatic heterocycles. The topological polar surface area (TPSA) is 95.6 Å². The van der Waals surface area contributed by atoms with Gasteiger partial charge in [0, 0.05) is 13.1 Å². The fourth-order valence-electron chi connectivity index (χ4n) is 0.535. The summed E-state index contributed by atoms with van der Waals surface area (Å²) in [7, 11) is 0. The molecular weight excluding hydrogens is 148 g/mol. The standard InChI is InChI=1S/C6H14N2O3/c1-4(9)2-8-3-5(7)6(10)11/h4-5,8-9H,2-3,7H2,1H3,(H,10,11). The van der Waals surface area contributed by atoms with Gasteiger partial charge in [0.05, 0.1) is 6.10 Å². The number of carboxylic acid groups (broad SMARTS) is 1. The summed E-state index contributed by atoms with van der Waals surface area (Å²) in [5.41, 5.74) is 5.16. The first kappa shape index (κ1) is 10.3. The third-order valence-electron chi connectivity index (χ3n) is 1.12. The summed E-state index contributed by atoms with van der Waals surface area (Å²) in [6.45, 7) is 2.15. The van der Waals surface area contributed by atoms with Crippen LogP contribution in [-0.2, 0) is 4.79 Å². The summed E-state index contributed by atoms with van der Waals surface area (Å²) in [6.07, 6.45) is -0.476. The number of rotatable bonds is 5. The molecule has 0 aromatic rings. The Morgan fingerprint density at radius 1 is 1.64 bits per heavy atom. The normalized spacial score (nSPS) is 15.9. The molecule has 0 radical (unpaired) electrons. The van der Waals surface area contributed by atoms with Crippen molar-refractivity contribution in [3.8, 4) is 0 Å². The lowest BCUT2D eigenvalue weighted by Crippen LogP contribution is -2.42. The van der Waals surface area contributed by atoms with Crippen molar-refractivity contribution in [1.82, 2.24) is 5.32 Å². The van der Waals surface area contributed by atoms with E-state index in [2.05, 4.69) is 5.32 Å².